The molecule has 6 aromatic rings. The Hall–Kier alpha value is -5.76. The van der Waals surface area contributed by atoms with E-state index in [1.807, 2.05) is 12.1 Å². The van der Waals surface area contributed by atoms with Crippen LogP contribution in [0.3, 0.4) is 0 Å². The number of hydrogen-bond acceptors (Lipinski definition) is 6. The minimum absolute atomic E-state index is 0.257. The SMILES string of the molecule is O=C1c2ccc3c4c(ccc(c24)C(=O)N1c1ccc2ncccc2c1)C(=O)N(c1ccc2ncccc2c1)C3=O. The number of fused-ring (bicyclic) bond motifs is 2. The van der Waals surface area contributed by atoms with Crippen molar-refractivity contribution in [3.8, 4) is 0 Å². The molecular formula is C32H16N4O4. The smallest absolute Gasteiger partial charge is 0.265 e. The fraction of sp³-hybridized carbons (Fsp3) is 0. The first kappa shape index (κ1) is 22.2. The Balaban J connectivity index is 1.28. The molecule has 0 radical (unpaired) electrons. The highest BCUT2D eigenvalue weighted by atomic mass is 16.2. The number of amides is 4. The molecular weight excluding hydrogens is 504 g/mol. The van der Waals surface area contributed by atoms with Crippen LogP contribution in [0.4, 0.5) is 11.4 Å². The van der Waals surface area contributed by atoms with Gasteiger partial charge in [0.1, 0.15) is 0 Å². The van der Waals surface area contributed by atoms with Crippen molar-refractivity contribution in [3.05, 3.63) is 120 Å². The highest BCUT2D eigenvalue weighted by Gasteiger charge is 2.40. The molecule has 40 heavy (non-hydrogen) atoms. The second kappa shape index (κ2) is 7.87. The minimum atomic E-state index is -0.520. The lowest BCUT2D eigenvalue weighted by Gasteiger charge is -2.32. The largest absolute Gasteiger partial charge is 0.268 e. The van der Waals surface area contributed by atoms with Gasteiger partial charge in [0.25, 0.3) is 23.6 Å². The second-order valence-corrected chi connectivity index (χ2v) is 9.72. The van der Waals surface area contributed by atoms with E-state index >= 15 is 0 Å². The third-order valence-electron chi connectivity index (χ3n) is 7.58. The van der Waals surface area contributed by atoms with Gasteiger partial charge >= 0.3 is 0 Å². The fourth-order valence-corrected chi connectivity index (χ4v) is 5.75. The maximum atomic E-state index is 13.8. The normalized spacial score (nSPS) is 14.6. The number of carbonyl (C=O) groups excluding carboxylic acids is 4. The van der Waals surface area contributed by atoms with Crippen LogP contribution in [0.5, 0.6) is 0 Å². The first-order valence-corrected chi connectivity index (χ1v) is 12.6. The van der Waals surface area contributed by atoms with E-state index in [9.17, 15) is 19.2 Å². The van der Waals surface area contributed by atoms with Crippen molar-refractivity contribution in [1.82, 2.24) is 9.97 Å². The maximum absolute atomic E-state index is 13.8. The monoisotopic (exact) mass is 520 g/mol. The zero-order valence-corrected chi connectivity index (χ0v) is 20.7. The van der Waals surface area contributed by atoms with Crippen molar-refractivity contribution in [2.45, 2.75) is 0 Å². The molecule has 8 heteroatoms. The summed E-state index contributed by atoms with van der Waals surface area (Å²) in [6.45, 7) is 0. The van der Waals surface area contributed by atoms with Gasteiger partial charge in [-0.15, -0.1) is 0 Å². The summed E-state index contributed by atoms with van der Waals surface area (Å²) in [5, 5.41) is 2.23. The van der Waals surface area contributed by atoms with Gasteiger partial charge in [-0.2, -0.15) is 0 Å². The molecule has 4 aromatic carbocycles. The number of imide groups is 2. The van der Waals surface area contributed by atoms with Crippen LogP contribution < -0.4 is 9.80 Å². The third kappa shape index (κ3) is 2.90. The van der Waals surface area contributed by atoms with Gasteiger partial charge in [0.15, 0.2) is 0 Å². The Kier molecular flexibility index (Phi) is 4.38. The van der Waals surface area contributed by atoms with Crippen molar-refractivity contribution in [3.63, 3.8) is 0 Å². The molecule has 0 saturated heterocycles. The number of anilines is 2. The predicted octanol–water partition coefficient (Wildman–Crippen LogP) is 5.54. The quantitative estimate of drug-likeness (QED) is 0.278. The first-order valence-electron chi connectivity index (χ1n) is 12.6. The lowest BCUT2D eigenvalue weighted by Crippen LogP contribution is -2.43. The van der Waals surface area contributed by atoms with Crippen LogP contribution in [0.25, 0.3) is 32.6 Å². The van der Waals surface area contributed by atoms with Crippen molar-refractivity contribution in [1.29, 1.82) is 0 Å². The molecule has 2 aliphatic heterocycles. The van der Waals surface area contributed by atoms with E-state index in [0.29, 0.717) is 22.1 Å². The number of hydrogen-bond donors (Lipinski definition) is 0. The van der Waals surface area contributed by atoms with Gasteiger partial charge in [0.2, 0.25) is 0 Å². The fourth-order valence-electron chi connectivity index (χ4n) is 5.75. The van der Waals surface area contributed by atoms with Crippen LogP contribution in [-0.2, 0) is 0 Å². The summed E-state index contributed by atoms with van der Waals surface area (Å²) in [5.74, 6) is -2.08. The number of carbonyl (C=O) groups is 4. The number of pyridine rings is 2. The topological polar surface area (TPSA) is 101 Å². The molecule has 0 saturated carbocycles. The van der Waals surface area contributed by atoms with Gasteiger partial charge in [-0.05, 0) is 72.8 Å². The van der Waals surface area contributed by atoms with Crippen LogP contribution in [0.2, 0.25) is 0 Å². The van der Waals surface area contributed by atoms with E-state index in [0.717, 1.165) is 31.6 Å². The predicted molar refractivity (Wildman–Crippen MR) is 150 cm³/mol. The first-order chi connectivity index (χ1) is 19.5. The Morgan fingerprint density at radius 2 is 0.825 bits per heavy atom. The van der Waals surface area contributed by atoms with E-state index in [1.54, 1.807) is 85.2 Å². The molecule has 2 aliphatic rings. The third-order valence-corrected chi connectivity index (χ3v) is 7.58. The Bertz CT molecular complexity index is 1950. The zero-order chi connectivity index (χ0) is 27.1. The minimum Gasteiger partial charge on any atom is -0.268 e. The summed E-state index contributed by atoms with van der Waals surface area (Å²) in [4.78, 5) is 65.9. The van der Waals surface area contributed by atoms with Crippen molar-refractivity contribution >= 4 is 67.6 Å². The Morgan fingerprint density at radius 1 is 0.450 bits per heavy atom. The van der Waals surface area contributed by atoms with Gasteiger partial charge in [-0.1, -0.05) is 12.1 Å². The van der Waals surface area contributed by atoms with E-state index in [1.165, 1.54) is 0 Å². The van der Waals surface area contributed by atoms with Crippen LogP contribution in [0, 0.1) is 0 Å². The van der Waals surface area contributed by atoms with Crippen LogP contribution >= 0.6 is 0 Å². The number of rotatable bonds is 2. The Morgan fingerprint density at radius 3 is 1.20 bits per heavy atom. The number of nitrogens with zero attached hydrogens (tertiary/aromatic N) is 4. The van der Waals surface area contributed by atoms with E-state index in [2.05, 4.69) is 9.97 Å². The van der Waals surface area contributed by atoms with Crippen LogP contribution in [-0.4, -0.2) is 33.6 Å². The number of benzene rings is 4. The van der Waals surface area contributed by atoms with Crippen molar-refractivity contribution in [2.75, 3.05) is 9.80 Å². The van der Waals surface area contributed by atoms with Crippen LogP contribution in [0.15, 0.2) is 97.3 Å². The summed E-state index contributed by atoms with van der Waals surface area (Å²) >= 11 is 0. The average molecular weight is 521 g/mol. The van der Waals surface area contributed by atoms with Gasteiger partial charge in [0, 0.05) is 56.2 Å². The standard InChI is InChI=1S/C32H16N4O4/c37-29-21-7-9-23-28-24(32(40)36(31(23)39)20-6-12-26-18(16-20)4-2-14-34-26)10-8-22(27(21)28)30(38)35(29)19-5-11-25-17(15-19)3-1-13-33-25/h1-16H. The lowest BCUT2D eigenvalue weighted by molar-refractivity contribution is 0.0873. The Labute approximate surface area is 226 Å². The maximum Gasteiger partial charge on any atom is 0.265 e. The summed E-state index contributed by atoms with van der Waals surface area (Å²) in [6, 6.07) is 23.9. The number of aromatic nitrogens is 2. The molecule has 0 spiro atoms. The van der Waals surface area contributed by atoms with Gasteiger partial charge in [-0.25, -0.2) is 9.80 Å². The van der Waals surface area contributed by atoms with Gasteiger partial charge < -0.3 is 0 Å². The van der Waals surface area contributed by atoms with Gasteiger partial charge in [0.05, 0.1) is 22.4 Å². The highest BCUT2D eigenvalue weighted by molar-refractivity contribution is 6.42. The molecule has 0 N–H and O–H groups in total. The molecule has 8 nitrogen and oxygen atoms in total. The summed E-state index contributed by atoms with van der Waals surface area (Å²) in [7, 11) is 0. The van der Waals surface area contributed by atoms with Crippen molar-refractivity contribution < 1.29 is 19.2 Å². The summed E-state index contributed by atoms with van der Waals surface area (Å²) in [5.41, 5.74) is 3.34. The summed E-state index contributed by atoms with van der Waals surface area (Å²) in [6.07, 6.45) is 3.35. The van der Waals surface area contributed by atoms with Crippen molar-refractivity contribution in [2.24, 2.45) is 0 Å². The molecule has 0 fully saturated rings. The van der Waals surface area contributed by atoms with E-state index < -0.39 is 23.6 Å². The molecule has 0 unspecified atom stereocenters. The van der Waals surface area contributed by atoms with Crippen LogP contribution in [0.1, 0.15) is 41.4 Å². The zero-order valence-electron chi connectivity index (χ0n) is 20.7. The van der Waals surface area contributed by atoms with E-state index in [4.69, 9.17) is 0 Å². The molecule has 188 valence electrons. The second-order valence-electron chi connectivity index (χ2n) is 9.72. The van der Waals surface area contributed by atoms with E-state index in [-0.39, 0.29) is 22.3 Å². The molecule has 2 aromatic heterocycles. The molecule has 8 rings (SSSR count). The molecule has 4 heterocycles. The molecule has 0 bridgehead atoms. The van der Waals surface area contributed by atoms with Gasteiger partial charge in [-0.3, -0.25) is 29.1 Å². The lowest BCUT2D eigenvalue weighted by atomic mass is 9.85. The molecule has 0 atom stereocenters. The molecule has 0 aliphatic carbocycles. The average Bonchev–Trinajstić information content (AvgIpc) is 2.99. The highest BCUT2D eigenvalue weighted by Crippen LogP contribution is 2.40. The molecule has 4 amide bonds. The summed E-state index contributed by atoms with van der Waals surface area (Å²) < 4.78 is 0.